The Hall–Kier alpha value is -3.80. The molecule has 0 spiro atoms. The fraction of sp³-hybridized carbons (Fsp3) is 0.167. The monoisotopic (exact) mass is 405 g/mol. The smallest absolute Gasteiger partial charge is 0.338 e. The lowest BCUT2D eigenvalue weighted by atomic mass is 9.97. The Labute approximate surface area is 174 Å². The molecule has 0 saturated heterocycles. The molecule has 1 unspecified atom stereocenters. The first-order valence-corrected chi connectivity index (χ1v) is 9.61. The lowest BCUT2D eigenvalue weighted by Gasteiger charge is -2.20. The molecule has 1 atom stereocenters. The number of aromatic hydroxyl groups is 2. The van der Waals surface area contributed by atoms with Crippen LogP contribution in [0.2, 0.25) is 0 Å². The number of hydrogen-bond donors (Lipinski definition) is 3. The molecular formula is C24H23NO5. The number of anilines is 1. The van der Waals surface area contributed by atoms with E-state index in [1.807, 2.05) is 6.07 Å². The number of phenolic OH excluding ortho intramolecular Hbond substituents is 2. The van der Waals surface area contributed by atoms with Crippen LogP contribution >= 0.6 is 0 Å². The van der Waals surface area contributed by atoms with E-state index < -0.39 is 12.0 Å². The molecule has 0 aliphatic carbocycles. The molecule has 0 radical (unpaired) electrons. The van der Waals surface area contributed by atoms with Crippen molar-refractivity contribution in [2.24, 2.45) is 0 Å². The summed E-state index contributed by atoms with van der Waals surface area (Å²) < 4.78 is 4.99. The molecule has 0 aromatic heterocycles. The van der Waals surface area contributed by atoms with Crippen LogP contribution in [0.4, 0.5) is 5.69 Å². The highest BCUT2D eigenvalue weighted by molar-refractivity contribution is 5.97. The molecule has 154 valence electrons. The molecule has 0 fully saturated rings. The van der Waals surface area contributed by atoms with E-state index in [1.54, 1.807) is 61.5 Å². The van der Waals surface area contributed by atoms with Gasteiger partial charge in [0.15, 0.2) is 5.78 Å². The summed E-state index contributed by atoms with van der Waals surface area (Å²) in [6.45, 7) is 2.05. The first-order chi connectivity index (χ1) is 14.5. The summed E-state index contributed by atoms with van der Waals surface area (Å²) in [6.07, 6.45) is 0.133. The van der Waals surface area contributed by atoms with Gasteiger partial charge in [0.25, 0.3) is 0 Å². The number of Topliss-reactive ketones (excluding diaryl/α,β-unsaturated/α-hetero) is 1. The minimum atomic E-state index is -0.410. The summed E-state index contributed by atoms with van der Waals surface area (Å²) in [5, 5.41) is 22.6. The summed E-state index contributed by atoms with van der Waals surface area (Å²) in [6, 6.07) is 19.2. The van der Waals surface area contributed by atoms with Crippen molar-refractivity contribution in [1.29, 1.82) is 0 Å². The molecule has 30 heavy (non-hydrogen) atoms. The first kappa shape index (κ1) is 20.9. The molecular weight excluding hydrogens is 382 g/mol. The van der Waals surface area contributed by atoms with Gasteiger partial charge >= 0.3 is 5.97 Å². The van der Waals surface area contributed by atoms with Crippen LogP contribution in [0.5, 0.6) is 11.5 Å². The van der Waals surface area contributed by atoms with Crippen molar-refractivity contribution in [1.82, 2.24) is 0 Å². The number of carbonyl (C=O) groups is 2. The van der Waals surface area contributed by atoms with Crippen LogP contribution in [-0.2, 0) is 4.74 Å². The van der Waals surface area contributed by atoms with Crippen LogP contribution in [0.15, 0.2) is 72.8 Å². The van der Waals surface area contributed by atoms with Gasteiger partial charge in [0, 0.05) is 17.7 Å². The fourth-order valence-corrected chi connectivity index (χ4v) is 3.06. The van der Waals surface area contributed by atoms with Gasteiger partial charge in [-0.15, -0.1) is 0 Å². The van der Waals surface area contributed by atoms with E-state index in [2.05, 4.69) is 5.32 Å². The highest BCUT2D eigenvalue weighted by atomic mass is 16.5. The lowest BCUT2D eigenvalue weighted by Crippen LogP contribution is -2.16. The number of rotatable bonds is 8. The average Bonchev–Trinajstić information content (AvgIpc) is 2.74. The Kier molecular flexibility index (Phi) is 6.70. The predicted octanol–water partition coefficient (Wildman–Crippen LogP) is 4.70. The van der Waals surface area contributed by atoms with Crippen molar-refractivity contribution in [2.45, 2.75) is 19.4 Å². The summed E-state index contributed by atoms with van der Waals surface area (Å²) in [5.41, 5.74) is 2.39. The van der Waals surface area contributed by atoms with Gasteiger partial charge in [-0.25, -0.2) is 4.79 Å². The number of nitrogens with one attached hydrogen (secondary N) is 1. The van der Waals surface area contributed by atoms with Crippen LogP contribution in [0.3, 0.4) is 0 Å². The van der Waals surface area contributed by atoms with Gasteiger partial charge in [-0.3, -0.25) is 4.79 Å². The summed E-state index contributed by atoms with van der Waals surface area (Å²) >= 11 is 0. The first-order valence-electron chi connectivity index (χ1n) is 9.61. The average molecular weight is 405 g/mol. The molecule has 0 aliphatic rings. The van der Waals surface area contributed by atoms with Crippen molar-refractivity contribution in [3.05, 3.63) is 89.5 Å². The number of benzene rings is 3. The Balaban J connectivity index is 1.82. The van der Waals surface area contributed by atoms with Crippen molar-refractivity contribution in [3.8, 4) is 11.5 Å². The van der Waals surface area contributed by atoms with E-state index in [-0.39, 0.29) is 23.7 Å². The SMILES string of the molecule is CCOC(=O)c1ccc(NC(CC(=O)c2ccc(O)cc2)c2cccc(O)c2)cc1. The van der Waals surface area contributed by atoms with E-state index in [0.29, 0.717) is 17.7 Å². The normalized spacial score (nSPS) is 11.5. The van der Waals surface area contributed by atoms with Crippen LogP contribution in [-0.4, -0.2) is 28.6 Å². The largest absolute Gasteiger partial charge is 0.508 e. The number of ketones is 1. The second-order valence-corrected chi connectivity index (χ2v) is 6.76. The summed E-state index contributed by atoms with van der Waals surface area (Å²) in [7, 11) is 0. The van der Waals surface area contributed by atoms with E-state index in [1.165, 1.54) is 12.1 Å². The van der Waals surface area contributed by atoms with Gasteiger partial charge < -0.3 is 20.3 Å². The zero-order valence-corrected chi connectivity index (χ0v) is 16.5. The fourth-order valence-electron chi connectivity index (χ4n) is 3.06. The van der Waals surface area contributed by atoms with E-state index in [4.69, 9.17) is 4.74 Å². The Morgan fingerprint density at radius 3 is 2.20 bits per heavy atom. The third kappa shape index (κ3) is 5.38. The Morgan fingerprint density at radius 2 is 1.57 bits per heavy atom. The van der Waals surface area contributed by atoms with Gasteiger partial charge in [-0.1, -0.05) is 12.1 Å². The topological polar surface area (TPSA) is 95.9 Å². The predicted molar refractivity (Wildman–Crippen MR) is 114 cm³/mol. The summed E-state index contributed by atoms with van der Waals surface area (Å²) in [5.74, 6) is -0.306. The van der Waals surface area contributed by atoms with Gasteiger partial charge in [0.1, 0.15) is 11.5 Å². The van der Waals surface area contributed by atoms with E-state index in [9.17, 15) is 19.8 Å². The molecule has 0 heterocycles. The molecule has 0 amide bonds. The van der Waals surface area contributed by atoms with Crippen LogP contribution in [0, 0.1) is 0 Å². The molecule has 6 heteroatoms. The minimum absolute atomic E-state index is 0.0934. The minimum Gasteiger partial charge on any atom is -0.508 e. The molecule has 0 bridgehead atoms. The van der Waals surface area contributed by atoms with E-state index >= 15 is 0 Å². The maximum absolute atomic E-state index is 12.8. The maximum atomic E-state index is 12.8. The number of ether oxygens (including phenoxy) is 1. The van der Waals surface area contributed by atoms with Crippen LogP contribution in [0.1, 0.15) is 45.7 Å². The van der Waals surface area contributed by atoms with Crippen molar-refractivity contribution in [3.63, 3.8) is 0 Å². The highest BCUT2D eigenvalue weighted by Gasteiger charge is 2.18. The Bertz CT molecular complexity index is 1010. The molecule has 3 rings (SSSR count). The van der Waals surface area contributed by atoms with Crippen LogP contribution in [0.25, 0.3) is 0 Å². The third-order valence-corrected chi connectivity index (χ3v) is 4.59. The second kappa shape index (κ2) is 9.60. The van der Waals surface area contributed by atoms with Gasteiger partial charge in [0.2, 0.25) is 0 Å². The molecule has 6 nitrogen and oxygen atoms in total. The lowest BCUT2D eigenvalue weighted by molar-refractivity contribution is 0.0526. The molecule has 0 aliphatic heterocycles. The standard InChI is InChI=1S/C24H23NO5/c1-2-30-24(29)17-6-10-19(11-7-17)25-22(18-4-3-5-21(27)14-18)15-23(28)16-8-12-20(26)13-9-16/h3-14,22,25-27H,2,15H2,1H3. The highest BCUT2D eigenvalue weighted by Crippen LogP contribution is 2.27. The van der Waals surface area contributed by atoms with Gasteiger partial charge in [-0.2, -0.15) is 0 Å². The molecule has 0 saturated carbocycles. The second-order valence-electron chi connectivity index (χ2n) is 6.76. The van der Waals surface area contributed by atoms with E-state index in [0.717, 1.165) is 11.3 Å². The zero-order valence-electron chi connectivity index (χ0n) is 16.5. The summed E-state index contributed by atoms with van der Waals surface area (Å²) in [4.78, 5) is 24.6. The van der Waals surface area contributed by atoms with Gasteiger partial charge in [0.05, 0.1) is 18.2 Å². The maximum Gasteiger partial charge on any atom is 0.338 e. The zero-order chi connectivity index (χ0) is 21.5. The molecule has 3 aromatic carbocycles. The van der Waals surface area contributed by atoms with Crippen molar-refractivity contribution < 1.29 is 24.5 Å². The van der Waals surface area contributed by atoms with Crippen molar-refractivity contribution >= 4 is 17.4 Å². The Morgan fingerprint density at radius 1 is 0.900 bits per heavy atom. The number of carbonyl (C=O) groups excluding carboxylic acids is 2. The number of phenols is 2. The van der Waals surface area contributed by atoms with Gasteiger partial charge in [-0.05, 0) is 73.2 Å². The molecule has 3 N–H and O–H groups in total. The third-order valence-electron chi connectivity index (χ3n) is 4.59. The molecule has 3 aromatic rings. The number of esters is 1. The van der Waals surface area contributed by atoms with Crippen molar-refractivity contribution in [2.75, 3.05) is 11.9 Å². The number of hydrogen-bond acceptors (Lipinski definition) is 6. The van der Waals surface area contributed by atoms with Crippen LogP contribution < -0.4 is 5.32 Å². The quantitative estimate of drug-likeness (QED) is 0.371.